The molecule has 2 heterocycles. The van der Waals surface area contributed by atoms with E-state index in [2.05, 4.69) is 27.1 Å². The summed E-state index contributed by atoms with van der Waals surface area (Å²) in [7, 11) is 0. The monoisotopic (exact) mass is 248 g/mol. The quantitative estimate of drug-likeness (QED) is 0.884. The van der Waals surface area contributed by atoms with Crippen LogP contribution in [-0.2, 0) is 0 Å². The fourth-order valence-corrected chi connectivity index (χ4v) is 2.47. The number of nitrogens with zero attached hydrogens (tertiary/aromatic N) is 3. The second-order valence-corrected chi connectivity index (χ2v) is 5.16. The molecule has 0 spiro atoms. The van der Waals surface area contributed by atoms with Crippen molar-refractivity contribution < 1.29 is 0 Å². The molecule has 1 aromatic rings. The molecule has 4 heteroatoms. The lowest BCUT2D eigenvalue weighted by molar-refractivity contribution is 0.394. The van der Waals surface area contributed by atoms with Gasteiger partial charge >= 0.3 is 0 Å². The van der Waals surface area contributed by atoms with Gasteiger partial charge in [0.25, 0.3) is 0 Å². The summed E-state index contributed by atoms with van der Waals surface area (Å²) < 4.78 is 0. The second kappa shape index (κ2) is 6.14. The number of aromatic nitrogens is 2. The molecular formula is C14H24N4. The normalized spacial score (nSPS) is 20.2. The van der Waals surface area contributed by atoms with E-state index in [0.29, 0.717) is 0 Å². The minimum Gasteiger partial charge on any atom is -0.355 e. The zero-order chi connectivity index (χ0) is 13.0. The zero-order valence-corrected chi connectivity index (χ0v) is 11.7. The van der Waals surface area contributed by atoms with Gasteiger partial charge in [-0.05, 0) is 45.7 Å². The maximum atomic E-state index is 4.65. The van der Waals surface area contributed by atoms with Gasteiger partial charge in [0.1, 0.15) is 5.82 Å². The highest BCUT2D eigenvalue weighted by molar-refractivity contribution is 5.38. The van der Waals surface area contributed by atoms with Gasteiger partial charge in [0.15, 0.2) is 0 Å². The number of hydrogen-bond acceptors (Lipinski definition) is 4. The fourth-order valence-electron chi connectivity index (χ4n) is 2.47. The Morgan fingerprint density at radius 2 is 2.22 bits per heavy atom. The minimum absolute atomic E-state index is 0.738. The van der Waals surface area contributed by atoms with Crippen molar-refractivity contribution in [2.45, 2.75) is 33.6 Å². The maximum absolute atomic E-state index is 4.65. The Kier molecular flexibility index (Phi) is 4.53. The highest BCUT2D eigenvalue weighted by atomic mass is 15.2. The van der Waals surface area contributed by atoms with E-state index in [1.807, 2.05) is 20.0 Å². The largest absolute Gasteiger partial charge is 0.355 e. The Balaban J connectivity index is 2.01. The molecule has 1 atom stereocenters. The van der Waals surface area contributed by atoms with Crippen molar-refractivity contribution >= 4 is 5.82 Å². The number of hydrogen-bond donors (Lipinski definition) is 1. The van der Waals surface area contributed by atoms with E-state index in [-0.39, 0.29) is 0 Å². The molecule has 0 saturated carbocycles. The van der Waals surface area contributed by atoms with Crippen LogP contribution in [0, 0.1) is 19.8 Å². The summed E-state index contributed by atoms with van der Waals surface area (Å²) in [6.07, 6.45) is 4.49. The van der Waals surface area contributed by atoms with Gasteiger partial charge in [-0.25, -0.2) is 4.98 Å². The smallest absolute Gasteiger partial charge is 0.147 e. The lowest BCUT2D eigenvalue weighted by Crippen LogP contribution is -2.40. The van der Waals surface area contributed by atoms with E-state index in [1.165, 1.54) is 12.8 Å². The van der Waals surface area contributed by atoms with Gasteiger partial charge < -0.3 is 10.2 Å². The van der Waals surface area contributed by atoms with Crippen LogP contribution in [0.5, 0.6) is 0 Å². The van der Waals surface area contributed by atoms with Crippen LogP contribution in [-0.4, -0.2) is 36.1 Å². The lowest BCUT2D eigenvalue weighted by Gasteiger charge is -2.33. The summed E-state index contributed by atoms with van der Waals surface area (Å²) in [4.78, 5) is 11.5. The number of anilines is 1. The minimum atomic E-state index is 0.738. The van der Waals surface area contributed by atoms with Crippen LogP contribution in [0.1, 0.15) is 31.2 Å². The van der Waals surface area contributed by atoms with Gasteiger partial charge in [0.05, 0.1) is 17.6 Å². The van der Waals surface area contributed by atoms with Gasteiger partial charge in [0.2, 0.25) is 0 Å². The van der Waals surface area contributed by atoms with Crippen molar-refractivity contribution in [2.24, 2.45) is 5.92 Å². The van der Waals surface area contributed by atoms with Crippen LogP contribution in [0.2, 0.25) is 0 Å². The molecule has 1 unspecified atom stereocenters. The van der Waals surface area contributed by atoms with E-state index in [9.17, 15) is 0 Å². The van der Waals surface area contributed by atoms with E-state index < -0.39 is 0 Å². The Hall–Kier alpha value is -1.16. The van der Waals surface area contributed by atoms with Crippen molar-refractivity contribution in [2.75, 3.05) is 31.1 Å². The first-order valence-electron chi connectivity index (χ1n) is 6.96. The third-order valence-corrected chi connectivity index (χ3v) is 3.71. The summed E-state index contributed by atoms with van der Waals surface area (Å²) in [6, 6.07) is 0. The van der Waals surface area contributed by atoms with Crippen molar-refractivity contribution in [3.8, 4) is 0 Å². The molecule has 1 aliphatic heterocycles. The highest BCUT2D eigenvalue weighted by Gasteiger charge is 2.20. The second-order valence-electron chi connectivity index (χ2n) is 5.16. The molecule has 2 rings (SSSR count). The summed E-state index contributed by atoms with van der Waals surface area (Å²) in [6.45, 7) is 10.6. The molecule has 1 fully saturated rings. The first-order chi connectivity index (χ1) is 8.70. The van der Waals surface area contributed by atoms with Gasteiger partial charge in [-0.3, -0.25) is 4.98 Å². The standard InChI is InChI=1S/C14H24N4/c1-4-15-8-13-6-5-7-18(10-13)14-9-16-11(2)12(3)17-14/h9,13,15H,4-8,10H2,1-3H3. The predicted octanol–water partition coefficient (Wildman–Crippen LogP) is 1.92. The first kappa shape index (κ1) is 13.3. The fraction of sp³-hybridized carbons (Fsp3) is 0.714. The predicted molar refractivity (Wildman–Crippen MR) is 75.0 cm³/mol. The average Bonchev–Trinajstić information content (AvgIpc) is 2.40. The number of rotatable bonds is 4. The molecule has 1 saturated heterocycles. The number of piperidine rings is 1. The van der Waals surface area contributed by atoms with Crippen LogP contribution < -0.4 is 10.2 Å². The van der Waals surface area contributed by atoms with Crippen molar-refractivity contribution in [3.63, 3.8) is 0 Å². The molecule has 4 nitrogen and oxygen atoms in total. The Labute approximate surface area is 110 Å². The molecule has 0 bridgehead atoms. The molecule has 0 amide bonds. The molecule has 1 aromatic heterocycles. The summed E-state index contributed by atoms with van der Waals surface area (Å²) >= 11 is 0. The van der Waals surface area contributed by atoms with E-state index in [1.54, 1.807) is 0 Å². The maximum Gasteiger partial charge on any atom is 0.147 e. The van der Waals surface area contributed by atoms with Crippen LogP contribution in [0.15, 0.2) is 6.20 Å². The van der Waals surface area contributed by atoms with Gasteiger partial charge in [0, 0.05) is 13.1 Å². The molecule has 0 aromatic carbocycles. The number of aryl methyl sites for hydroxylation is 2. The van der Waals surface area contributed by atoms with Gasteiger partial charge in [-0.2, -0.15) is 0 Å². The molecule has 1 N–H and O–H groups in total. The number of nitrogens with one attached hydrogen (secondary N) is 1. The highest BCUT2D eigenvalue weighted by Crippen LogP contribution is 2.21. The van der Waals surface area contributed by atoms with Crippen LogP contribution in [0.4, 0.5) is 5.82 Å². The lowest BCUT2D eigenvalue weighted by atomic mass is 9.98. The molecular weight excluding hydrogens is 224 g/mol. The first-order valence-corrected chi connectivity index (χ1v) is 6.96. The van der Waals surface area contributed by atoms with Crippen LogP contribution in [0.25, 0.3) is 0 Å². The Morgan fingerprint density at radius 3 is 2.94 bits per heavy atom. The molecule has 18 heavy (non-hydrogen) atoms. The molecule has 1 aliphatic rings. The van der Waals surface area contributed by atoms with Crippen LogP contribution >= 0.6 is 0 Å². The molecule has 0 aliphatic carbocycles. The van der Waals surface area contributed by atoms with E-state index >= 15 is 0 Å². The topological polar surface area (TPSA) is 41.0 Å². The third kappa shape index (κ3) is 3.19. The van der Waals surface area contributed by atoms with Gasteiger partial charge in [-0.15, -0.1) is 0 Å². The summed E-state index contributed by atoms with van der Waals surface area (Å²) in [5.74, 6) is 1.78. The summed E-state index contributed by atoms with van der Waals surface area (Å²) in [5.41, 5.74) is 2.07. The van der Waals surface area contributed by atoms with E-state index in [0.717, 1.165) is 49.3 Å². The van der Waals surface area contributed by atoms with Crippen molar-refractivity contribution in [3.05, 3.63) is 17.6 Å². The summed E-state index contributed by atoms with van der Waals surface area (Å²) in [5, 5.41) is 3.45. The van der Waals surface area contributed by atoms with Crippen molar-refractivity contribution in [1.82, 2.24) is 15.3 Å². The SMILES string of the molecule is CCNCC1CCCN(c2cnc(C)c(C)n2)C1. The Morgan fingerprint density at radius 1 is 1.39 bits per heavy atom. The average molecular weight is 248 g/mol. The van der Waals surface area contributed by atoms with E-state index in [4.69, 9.17) is 0 Å². The zero-order valence-electron chi connectivity index (χ0n) is 11.7. The van der Waals surface area contributed by atoms with Gasteiger partial charge in [-0.1, -0.05) is 6.92 Å². The Bertz CT molecular complexity index is 391. The van der Waals surface area contributed by atoms with Crippen LogP contribution in [0.3, 0.4) is 0 Å². The van der Waals surface area contributed by atoms with Crippen molar-refractivity contribution in [1.29, 1.82) is 0 Å². The third-order valence-electron chi connectivity index (χ3n) is 3.71. The molecule has 100 valence electrons. The molecule has 0 radical (unpaired) electrons.